The highest BCUT2D eigenvalue weighted by Crippen LogP contribution is 2.69. The third kappa shape index (κ3) is 9.15. The van der Waals surface area contributed by atoms with Gasteiger partial charge in [0.1, 0.15) is 12.2 Å². The van der Waals surface area contributed by atoms with Gasteiger partial charge in [-0.3, -0.25) is 0 Å². The molecule has 4 saturated carbocycles. The topological polar surface area (TPSA) is 131 Å². The number of hydrogen-bond acceptors (Lipinski definition) is 7. The highest BCUT2D eigenvalue weighted by atomic mass is 16.6. The summed E-state index contributed by atoms with van der Waals surface area (Å²) < 4.78 is 12.7. The maximum atomic E-state index is 13.7. The summed E-state index contributed by atoms with van der Waals surface area (Å²) in [5.41, 5.74) is 20.2. The van der Waals surface area contributed by atoms with Gasteiger partial charge in [0.15, 0.2) is 0 Å². The Bertz CT molecular complexity index is 1620. The molecule has 10 atom stereocenters. The SMILES string of the molecule is C=C(N)/C=C/C.CC(C)CCCC(C)C1CCC2C3CC(OC(=O)c4cccc(N)c4)C4CC(OC(=O)c5cccc(N)c5)CCC4(C)C3CCC12C. The van der Waals surface area contributed by atoms with Crippen molar-refractivity contribution < 1.29 is 19.1 Å². The van der Waals surface area contributed by atoms with E-state index in [1.165, 1.54) is 44.9 Å². The lowest BCUT2D eigenvalue weighted by molar-refractivity contribution is -0.174. The third-order valence-corrected chi connectivity index (χ3v) is 14.0. The fourth-order valence-corrected chi connectivity index (χ4v) is 11.5. The van der Waals surface area contributed by atoms with Gasteiger partial charge in [-0.2, -0.15) is 0 Å². The van der Waals surface area contributed by atoms with Crippen LogP contribution >= 0.6 is 0 Å². The highest BCUT2D eigenvalue weighted by molar-refractivity contribution is 5.91. The number of esters is 2. The highest BCUT2D eigenvalue weighted by Gasteiger charge is 2.63. The minimum absolute atomic E-state index is 0.0198. The summed E-state index contributed by atoms with van der Waals surface area (Å²) in [7, 11) is 0. The van der Waals surface area contributed by atoms with Crippen LogP contribution in [0.5, 0.6) is 0 Å². The lowest BCUT2D eigenvalue weighted by Crippen LogP contribution is -2.59. The fraction of sp³-hybridized carbons (Fsp3) is 0.609. The van der Waals surface area contributed by atoms with Gasteiger partial charge in [0, 0.05) is 23.0 Å². The smallest absolute Gasteiger partial charge is 0.338 e. The van der Waals surface area contributed by atoms with Gasteiger partial charge in [-0.15, -0.1) is 0 Å². The maximum absolute atomic E-state index is 13.7. The first-order chi connectivity index (χ1) is 25.2. The molecule has 4 fully saturated rings. The predicted octanol–water partition coefficient (Wildman–Crippen LogP) is 10.4. The van der Waals surface area contributed by atoms with Gasteiger partial charge in [-0.1, -0.05) is 78.7 Å². The number of hydrogen-bond donors (Lipinski definition) is 3. The first-order valence-electron chi connectivity index (χ1n) is 20.4. The molecule has 0 saturated heterocycles. The van der Waals surface area contributed by atoms with Crippen LogP contribution in [0.2, 0.25) is 0 Å². The van der Waals surface area contributed by atoms with Crippen molar-refractivity contribution in [3.8, 4) is 0 Å². The quantitative estimate of drug-likeness (QED) is 0.126. The van der Waals surface area contributed by atoms with Crippen LogP contribution in [0.3, 0.4) is 0 Å². The minimum Gasteiger partial charge on any atom is -0.459 e. The van der Waals surface area contributed by atoms with Crippen LogP contribution in [-0.2, 0) is 9.47 Å². The van der Waals surface area contributed by atoms with Crippen molar-refractivity contribution in [2.75, 3.05) is 11.5 Å². The van der Waals surface area contributed by atoms with Crippen molar-refractivity contribution in [1.82, 2.24) is 0 Å². The second-order valence-corrected chi connectivity index (χ2v) is 17.8. The number of benzene rings is 2. The normalized spacial score (nSPS) is 32.4. The van der Waals surface area contributed by atoms with Gasteiger partial charge in [-0.25, -0.2) is 9.59 Å². The van der Waals surface area contributed by atoms with Gasteiger partial charge < -0.3 is 26.7 Å². The molecule has 4 aliphatic rings. The summed E-state index contributed by atoms with van der Waals surface area (Å²) in [6.45, 7) is 17.6. The van der Waals surface area contributed by atoms with Crippen LogP contribution < -0.4 is 17.2 Å². The van der Waals surface area contributed by atoms with Crippen LogP contribution in [0, 0.1) is 52.3 Å². The van der Waals surface area contributed by atoms with E-state index in [4.69, 9.17) is 26.7 Å². The molecular formula is C46H67N3O4. The first-order valence-corrected chi connectivity index (χ1v) is 20.4. The van der Waals surface area contributed by atoms with Crippen molar-refractivity contribution in [3.63, 3.8) is 0 Å². The zero-order valence-electron chi connectivity index (χ0n) is 33.3. The van der Waals surface area contributed by atoms with E-state index < -0.39 is 0 Å². The Hall–Kier alpha value is -3.74. The fourth-order valence-electron chi connectivity index (χ4n) is 11.5. The standard InChI is InChI=1S/C41H58N2O4.C5H9N/c1-25(2)9-6-10-26(3)33-15-16-34-32-24-37(47-39(45)28-12-8-14-30(43)22-28)36-23-31(46-38(44)27-11-7-13-29(42)21-27)17-19-41(36,5)35(32)18-20-40(33,34)4;1-3-4-5(2)6/h7-8,11-14,21-22,25-26,31-37H,6,9-10,15-20,23-24,42-43H2,1-5H3;3-4H,2,6H2,1H3/b;4-3+. The molecule has 290 valence electrons. The number of ether oxygens (including phenoxy) is 2. The number of rotatable bonds is 10. The molecule has 2 aromatic rings. The molecular weight excluding hydrogens is 659 g/mol. The molecule has 6 rings (SSSR count). The average molecular weight is 726 g/mol. The van der Waals surface area contributed by atoms with E-state index >= 15 is 0 Å². The van der Waals surface area contributed by atoms with Gasteiger partial charge in [0.2, 0.25) is 0 Å². The number of anilines is 2. The molecule has 0 aromatic heterocycles. The van der Waals surface area contributed by atoms with E-state index in [0.29, 0.717) is 57.8 Å². The van der Waals surface area contributed by atoms with Crippen LogP contribution in [0.4, 0.5) is 11.4 Å². The van der Waals surface area contributed by atoms with Crippen LogP contribution in [-0.4, -0.2) is 24.1 Å². The number of nitrogens with two attached hydrogens (primary N) is 3. The molecule has 6 N–H and O–H groups in total. The summed E-state index contributed by atoms with van der Waals surface area (Å²) in [5.74, 6) is 3.55. The van der Waals surface area contributed by atoms with E-state index in [0.717, 1.165) is 37.0 Å². The second kappa shape index (κ2) is 17.2. The number of carbonyl (C=O) groups excluding carboxylic acids is 2. The van der Waals surface area contributed by atoms with Crippen LogP contribution in [0.25, 0.3) is 0 Å². The second-order valence-electron chi connectivity index (χ2n) is 17.8. The van der Waals surface area contributed by atoms with Crippen molar-refractivity contribution in [1.29, 1.82) is 0 Å². The summed E-state index contributed by atoms with van der Waals surface area (Å²) >= 11 is 0. The van der Waals surface area contributed by atoms with Gasteiger partial charge in [0.25, 0.3) is 0 Å². The summed E-state index contributed by atoms with van der Waals surface area (Å²) in [6, 6.07) is 14.1. The van der Waals surface area contributed by atoms with E-state index in [-0.39, 0.29) is 35.5 Å². The van der Waals surface area contributed by atoms with E-state index in [1.54, 1.807) is 48.5 Å². The Morgan fingerprint density at radius 3 is 2.00 bits per heavy atom. The largest absolute Gasteiger partial charge is 0.459 e. The zero-order chi connectivity index (χ0) is 38.5. The zero-order valence-corrected chi connectivity index (χ0v) is 33.3. The lowest BCUT2D eigenvalue weighted by Gasteiger charge is -2.62. The van der Waals surface area contributed by atoms with Crippen molar-refractivity contribution >= 4 is 23.3 Å². The van der Waals surface area contributed by atoms with E-state index in [9.17, 15) is 9.59 Å². The average Bonchev–Trinajstić information content (AvgIpc) is 3.46. The van der Waals surface area contributed by atoms with Gasteiger partial charge in [-0.05, 0) is 147 Å². The molecule has 0 radical (unpaired) electrons. The van der Waals surface area contributed by atoms with Crippen molar-refractivity contribution in [2.45, 2.75) is 124 Å². The molecule has 0 amide bonds. The molecule has 0 aliphatic heterocycles. The monoisotopic (exact) mass is 726 g/mol. The van der Waals surface area contributed by atoms with Crippen LogP contribution in [0.1, 0.15) is 133 Å². The van der Waals surface area contributed by atoms with Gasteiger partial charge in [0.05, 0.1) is 11.1 Å². The summed E-state index contributed by atoms with van der Waals surface area (Å²) in [6.07, 6.45) is 15.7. The molecule has 4 aliphatic carbocycles. The third-order valence-electron chi connectivity index (χ3n) is 14.0. The Labute approximate surface area is 319 Å². The Kier molecular flexibility index (Phi) is 13.1. The van der Waals surface area contributed by atoms with E-state index in [2.05, 4.69) is 41.2 Å². The van der Waals surface area contributed by atoms with Crippen molar-refractivity contribution in [3.05, 3.63) is 84.1 Å². The Morgan fingerprint density at radius 1 is 0.830 bits per heavy atom. The van der Waals surface area contributed by atoms with Crippen molar-refractivity contribution in [2.24, 2.45) is 58.0 Å². The maximum Gasteiger partial charge on any atom is 0.338 e. The Balaban J connectivity index is 0.000000833. The van der Waals surface area contributed by atoms with Gasteiger partial charge >= 0.3 is 11.9 Å². The number of fused-ring (bicyclic) bond motifs is 5. The number of nitrogen functional groups attached to an aromatic ring is 2. The molecule has 0 bridgehead atoms. The molecule has 10 unspecified atom stereocenters. The number of allylic oxidation sites excluding steroid dienone is 2. The molecule has 0 heterocycles. The molecule has 0 spiro atoms. The molecule has 53 heavy (non-hydrogen) atoms. The minimum atomic E-state index is -0.333. The Morgan fingerprint density at radius 2 is 1.43 bits per heavy atom. The molecule has 7 heteroatoms. The summed E-state index contributed by atoms with van der Waals surface area (Å²) in [5, 5.41) is 0. The molecule has 2 aromatic carbocycles. The predicted molar refractivity (Wildman–Crippen MR) is 217 cm³/mol. The number of carbonyl (C=O) groups is 2. The molecule has 7 nitrogen and oxygen atoms in total. The van der Waals surface area contributed by atoms with E-state index in [1.807, 2.05) is 19.1 Å². The van der Waals surface area contributed by atoms with Crippen LogP contribution in [0.15, 0.2) is 73.0 Å². The first kappa shape index (κ1) is 40.4. The lowest BCUT2D eigenvalue weighted by atomic mass is 9.43. The summed E-state index contributed by atoms with van der Waals surface area (Å²) in [4.78, 5) is 26.9.